The molecule has 20 heavy (non-hydrogen) atoms. The van der Waals surface area contributed by atoms with Gasteiger partial charge in [0.25, 0.3) is 5.69 Å². The molecule has 1 atom stereocenters. The van der Waals surface area contributed by atoms with Gasteiger partial charge in [0.05, 0.1) is 4.92 Å². The number of nitrogens with zero attached hydrogens (tertiary/aromatic N) is 1. The molecule has 0 aliphatic carbocycles. The SMILES string of the molecule is Cc1cc([N+](=O)[O-])c(C)cc1NC(C)c1ccccc1. The van der Waals surface area contributed by atoms with Crippen LogP contribution in [-0.2, 0) is 0 Å². The normalized spacial score (nSPS) is 11.9. The van der Waals surface area contributed by atoms with Crippen molar-refractivity contribution in [1.82, 2.24) is 0 Å². The van der Waals surface area contributed by atoms with Crippen LogP contribution in [0.15, 0.2) is 42.5 Å². The summed E-state index contributed by atoms with van der Waals surface area (Å²) in [4.78, 5) is 10.6. The van der Waals surface area contributed by atoms with E-state index >= 15 is 0 Å². The summed E-state index contributed by atoms with van der Waals surface area (Å²) in [5.74, 6) is 0. The van der Waals surface area contributed by atoms with Crippen LogP contribution in [0.4, 0.5) is 11.4 Å². The van der Waals surface area contributed by atoms with Gasteiger partial charge in [0, 0.05) is 23.4 Å². The largest absolute Gasteiger partial charge is 0.378 e. The van der Waals surface area contributed by atoms with E-state index in [4.69, 9.17) is 0 Å². The summed E-state index contributed by atoms with van der Waals surface area (Å²) in [6.45, 7) is 5.72. The zero-order valence-corrected chi connectivity index (χ0v) is 11.9. The van der Waals surface area contributed by atoms with Crippen LogP contribution in [0.2, 0.25) is 0 Å². The highest BCUT2D eigenvalue weighted by atomic mass is 16.6. The third kappa shape index (κ3) is 2.96. The van der Waals surface area contributed by atoms with Crippen LogP contribution < -0.4 is 5.32 Å². The average Bonchev–Trinajstić information content (AvgIpc) is 2.43. The topological polar surface area (TPSA) is 55.2 Å². The number of hydrogen-bond acceptors (Lipinski definition) is 3. The smallest absolute Gasteiger partial charge is 0.272 e. The predicted molar refractivity (Wildman–Crippen MR) is 81.1 cm³/mol. The highest BCUT2D eigenvalue weighted by Crippen LogP contribution is 2.28. The number of benzene rings is 2. The molecule has 0 aliphatic rings. The molecule has 0 spiro atoms. The Morgan fingerprint density at radius 3 is 2.35 bits per heavy atom. The fourth-order valence-corrected chi connectivity index (χ4v) is 2.21. The van der Waals surface area contributed by atoms with Crippen molar-refractivity contribution in [3.63, 3.8) is 0 Å². The molecule has 0 fully saturated rings. The number of rotatable bonds is 4. The molecule has 4 nitrogen and oxygen atoms in total. The molecule has 2 aromatic rings. The first-order valence-electron chi connectivity index (χ1n) is 6.56. The van der Waals surface area contributed by atoms with E-state index in [-0.39, 0.29) is 16.7 Å². The van der Waals surface area contributed by atoms with Crippen LogP contribution in [0.3, 0.4) is 0 Å². The van der Waals surface area contributed by atoms with Crippen molar-refractivity contribution in [2.45, 2.75) is 26.8 Å². The molecule has 1 N–H and O–H groups in total. The van der Waals surface area contributed by atoms with Crippen LogP contribution in [0.1, 0.15) is 29.7 Å². The molecule has 0 radical (unpaired) electrons. The fourth-order valence-electron chi connectivity index (χ4n) is 2.21. The van der Waals surface area contributed by atoms with E-state index in [2.05, 4.69) is 24.4 Å². The van der Waals surface area contributed by atoms with Crippen LogP contribution in [0.25, 0.3) is 0 Å². The standard InChI is InChI=1S/C16H18N2O2/c1-11-10-16(18(19)20)12(2)9-15(11)17-13(3)14-7-5-4-6-8-14/h4-10,13,17H,1-3H3. The number of nitro groups is 1. The third-order valence-electron chi connectivity index (χ3n) is 3.41. The minimum absolute atomic E-state index is 0.149. The van der Waals surface area contributed by atoms with Crippen molar-refractivity contribution >= 4 is 11.4 Å². The molecule has 0 heterocycles. The molecular weight excluding hydrogens is 252 g/mol. The van der Waals surface area contributed by atoms with Crippen molar-refractivity contribution < 1.29 is 4.92 Å². The highest BCUT2D eigenvalue weighted by Gasteiger charge is 2.14. The van der Waals surface area contributed by atoms with Crippen LogP contribution in [-0.4, -0.2) is 4.92 Å². The first kappa shape index (κ1) is 14.1. The third-order valence-corrected chi connectivity index (χ3v) is 3.41. The summed E-state index contributed by atoms with van der Waals surface area (Å²) in [6, 6.07) is 13.7. The molecule has 0 aliphatic heterocycles. The van der Waals surface area contributed by atoms with Crippen molar-refractivity contribution in [1.29, 1.82) is 0 Å². The zero-order valence-electron chi connectivity index (χ0n) is 11.9. The second-order valence-corrected chi connectivity index (χ2v) is 4.99. The molecular formula is C16H18N2O2. The number of nitrogens with one attached hydrogen (secondary N) is 1. The van der Waals surface area contributed by atoms with Gasteiger partial charge in [-0.05, 0) is 38.0 Å². The molecule has 0 aromatic heterocycles. The van der Waals surface area contributed by atoms with Gasteiger partial charge in [-0.1, -0.05) is 30.3 Å². The molecule has 0 saturated heterocycles. The lowest BCUT2D eigenvalue weighted by Gasteiger charge is -2.18. The van der Waals surface area contributed by atoms with Gasteiger partial charge in [0.2, 0.25) is 0 Å². The van der Waals surface area contributed by atoms with Crippen molar-refractivity contribution in [2.75, 3.05) is 5.32 Å². The summed E-state index contributed by atoms with van der Waals surface area (Å²) in [7, 11) is 0. The maximum atomic E-state index is 10.9. The lowest BCUT2D eigenvalue weighted by atomic mass is 10.1. The molecule has 0 amide bonds. The van der Waals surface area contributed by atoms with Gasteiger partial charge < -0.3 is 5.32 Å². The Labute approximate surface area is 118 Å². The Bertz CT molecular complexity index is 624. The van der Waals surface area contributed by atoms with Gasteiger partial charge in [0.15, 0.2) is 0 Å². The summed E-state index contributed by atoms with van der Waals surface area (Å²) in [6.07, 6.45) is 0. The summed E-state index contributed by atoms with van der Waals surface area (Å²) >= 11 is 0. The van der Waals surface area contributed by atoms with Crippen LogP contribution >= 0.6 is 0 Å². The van der Waals surface area contributed by atoms with Gasteiger partial charge >= 0.3 is 0 Å². The fraction of sp³-hybridized carbons (Fsp3) is 0.250. The molecule has 2 aromatic carbocycles. The quantitative estimate of drug-likeness (QED) is 0.662. The minimum Gasteiger partial charge on any atom is -0.378 e. The first-order chi connectivity index (χ1) is 9.49. The Morgan fingerprint density at radius 2 is 1.75 bits per heavy atom. The second-order valence-electron chi connectivity index (χ2n) is 4.99. The summed E-state index contributed by atoms with van der Waals surface area (Å²) in [5, 5.41) is 14.3. The molecule has 0 saturated carbocycles. The molecule has 2 rings (SSSR count). The van der Waals surface area contributed by atoms with E-state index in [1.807, 2.05) is 31.2 Å². The molecule has 104 valence electrons. The first-order valence-corrected chi connectivity index (χ1v) is 6.56. The van der Waals surface area contributed by atoms with Crippen molar-refractivity contribution in [3.05, 3.63) is 69.3 Å². The molecule has 4 heteroatoms. The van der Waals surface area contributed by atoms with Crippen LogP contribution in [0.5, 0.6) is 0 Å². The van der Waals surface area contributed by atoms with E-state index in [9.17, 15) is 10.1 Å². The lowest BCUT2D eigenvalue weighted by molar-refractivity contribution is -0.385. The summed E-state index contributed by atoms with van der Waals surface area (Å²) < 4.78 is 0. The second kappa shape index (κ2) is 5.74. The Morgan fingerprint density at radius 1 is 1.10 bits per heavy atom. The molecule has 1 unspecified atom stereocenters. The number of anilines is 1. The number of nitro benzene ring substituents is 1. The minimum atomic E-state index is -0.341. The van der Waals surface area contributed by atoms with Crippen molar-refractivity contribution in [3.8, 4) is 0 Å². The molecule has 0 bridgehead atoms. The van der Waals surface area contributed by atoms with E-state index in [1.165, 1.54) is 5.56 Å². The Kier molecular flexibility index (Phi) is 4.03. The summed E-state index contributed by atoms with van der Waals surface area (Å²) in [5.41, 5.74) is 3.83. The maximum absolute atomic E-state index is 10.9. The van der Waals surface area contributed by atoms with E-state index < -0.39 is 0 Å². The maximum Gasteiger partial charge on any atom is 0.272 e. The predicted octanol–water partition coefficient (Wildman–Crippen LogP) is 4.38. The van der Waals surface area contributed by atoms with E-state index in [1.54, 1.807) is 13.0 Å². The van der Waals surface area contributed by atoms with Gasteiger partial charge in [-0.2, -0.15) is 0 Å². The van der Waals surface area contributed by atoms with Gasteiger partial charge in [-0.25, -0.2) is 0 Å². The average molecular weight is 270 g/mol. The zero-order chi connectivity index (χ0) is 14.7. The van der Waals surface area contributed by atoms with E-state index in [0.717, 1.165) is 11.3 Å². The van der Waals surface area contributed by atoms with Crippen LogP contribution in [0, 0.1) is 24.0 Å². The van der Waals surface area contributed by atoms with E-state index in [0.29, 0.717) is 5.56 Å². The monoisotopic (exact) mass is 270 g/mol. The number of hydrogen-bond donors (Lipinski definition) is 1. The van der Waals surface area contributed by atoms with Crippen molar-refractivity contribution in [2.24, 2.45) is 0 Å². The van der Waals surface area contributed by atoms with Gasteiger partial charge in [-0.3, -0.25) is 10.1 Å². The Hall–Kier alpha value is -2.36. The Balaban J connectivity index is 2.26. The van der Waals surface area contributed by atoms with Gasteiger partial charge in [0.1, 0.15) is 0 Å². The lowest BCUT2D eigenvalue weighted by Crippen LogP contribution is -2.08. The number of aryl methyl sites for hydroxylation is 2. The highest BCUT2D eigenvalue weighted by molar-refractivity contribution is 5.60. The van der Waals surface area contributed by atoms with Gasteiger partial charge in [-0.15, -0.1) is 0 Å².